The van der Waals surface area contributed by atoms with Crippen LogP contribution in [0.1, 0.15) is 16.1 Å². The van der Waals surface area contributed by atoms with Gasteiger partial charge in [-0.3, -0.25) is 9.78 Å². The van der Waals surface area contributed by atoms with Crippen LogP contribution in [0.4, 0.5) is 23.4 Å². The van der Waals surface area contributed by atoms with Crippen molar-refractivity contribution >= 4 is 12.1 Å². The van der Waals surface area contributed by atoms with Crippen LogP contribution in [0.2, 0.25) is 0 Å². The smallest absolute Gasteiger partial charge is 0.384 e. The number of hydrogen-bond donors (Lipinski definition) is 1. The van der Waals surface area contributed by atoms with E-state index < -0.39 is 17.8 Å². The second kappa shape index (κ2) is 6.60. The molecule has 2 heterocycles. The number of carbonyl (C=O) groups excluding carboxylic acids is 1. The van der Waals surface area contributed by atoms with Gasteiger partial charge >= 0.3 is 6.18 Å². The molecule has 0 saturated carbocycles. The van der Waals surface area contributed by atoms with Gasteiger partial charge in [-0.05, 0) is 24.3 Å². The van der Waals surface area contributed by atoms with Gasteiger partial charge in [0.05, 0.1) is 0 Å². The Labute approximate surface area is 111 Å². The fraction of sp³-hybridized carbons (Fsp3) is 0.0833. The highest BCUT2D eigenvalue weighted by Crippen LogP contribution is 2.26. The van der Waals surface area contributed by atoms with Crippen molar-refractivity contribution < 1.29 is 22.4 Å². The van der Waals surface area contributed by atoms with Gasteiger partial charge in [-0.25, -0.2) is 4.98 Å². The van der Waals surface area contributed by atoms with E-state index in [1.165, 1.54) is 18.2 Å². The van der Waals surface area contributed by atoms with E-state index in [1.807, 2.05) is 0 Å². The zero-order valence-corrected chi connectivity index (χ0v) is 9.93. The summed E-state index contributed by atoms with van der Waals surface area (Å²) in [6, 6.07) is 6.13. The number of halogens is 4. The Morgan fingerprint density at radius 2 is 1.85 bits per heavy atom. The molecule has 0 spiro atoms. The lowest BCUT2D eigenvalue weighted by Gasteiger charge is -2.03. The number of nitrogens with two attached hydrogens (primary N) is 1. The maximum atomic E-state index is 12.0. The van der Waals surface area contributed by atoms with Crippen LogP contribution in [0, 0.1) is 5.95 Å². The third-order valence-electron chi connectivity index (χ3n) is 1.95. The number of nitrogens with zero attached hydrogens (tertiary/aromatic N) is 2. The summed E-state index contributed by atoms with van der Waals surface area (Å²) in [6.45, 7) is 0. The van der Waals surface area contributed by atoms with E-state index in [1.54, 1.807) is 0 Å². The van der Waals surface area contributed by atoms with Gasteiger partial charge in [-0.2, -0.15) is 17.6 Å². The predicted octanol–water partition coefficient (Wildman–Crippen LogP) is 2.72. The summed E-state index contributed by atoms with van der Waals surface area (Å²) in [4.78, 5) is 16.4. The van der Waals surface area contributed by atoms with Gasteiger partial charge < -0.3 is 5.73 Å². The van der Waals surface area contributed by atoms with Gasteiger partial charge in [-0.1, -0.05) is 6.07 Å². The monoisotopic (exact) mass is 287 g/mol. The number of alkyl halides is 3. The highest BCUT2D eigenvalue weighted by atomic mass is 19.4. The van der Waals surface area contributed by atoms with E-state index >= 15 is 0 Å². The molecule has 2 N–H and O–H groups in total. The van der Waals surface area contributed by atoms with E-state index in [-0.39, 0.29) is 11.4 Å². The van der Waals surface area contributed by atoms with Crippen molar-refractivity contribution in [3.05, 3.63) is 53.7 Å². The van der Waals surface area contributed by atoms with Crippen molar-refractivity contribution in [1.82, 2.24) is 9.97 Å². The summed E-state index contributed by atoms with van der Waals surface area (Å²) in [5, 5.41) is 0. The summed E-state index contributed by atoms with van der Waals surface area (Å²) in [6.07, 6.45) is -3.12. The highest BCUT2D eigenvalue weighted by Gasteiger charge is 2.31. The summed E-state index contributed by atoms with van der Waals surface area (Å²) < 4.78 is 47.6. The molecular weight excluding hydrogens is 278 g/mol. The third-order valence-corrected chi connectivity index (χ3v) is 1.95. The molecule has 2 aromatic rings. The van der Waals surface area contributed by atoms with Gasteiger partial charge in [0.2, 0.25) is 5.95 Å². The molecule has 20 heavy (non-hydrogen) atoms. The summed E-state index contributed by atoms with van der Waals surface area (Å²) in [5.74, 6) is -0.324. The maximum Gasteiger partial charge on any atom is 0.433 e. The van der Waals surface area contributed by atoms with Gasteiger partial charge in [0.15, 0.2) is 6.29 Å². The molecule has 0 atom stereocenters. The minimum Gasteiger partial charge on any atom is -0.384 e. The fourth-order valence-corrected chi connectivity index (χ4v) is 1.07. The first-order valence-electron chi connectivity index (χ1n) is 5.19. The number of rotatable bonds is 1. The molecule has 0 bridgehead atoms. The largest absolute Gasteiger partial charge is 0.433 e. The van der Waals surface area contributed by atoms with Crippen LogP contribution in [-0.4, -0.2) is 16.3 Å². The Hall–Kier alpha value is -2.51. The molecular formula is C12H9F4N3O. The first kappa shape index (κ1) is 15.5. The van der Waals surface area contributed by atoms with Crippen molar-refractivity contribution in [2.75, 3.05) is 5.73 Å². The Kier molecular flexibility index (Phi) is 5.13. The topological polar surface area (TPSA) is 68.9 Å². The Morgan fingerprint density at radius 1 is 1.15 bits per heavy atom. The quantitative estimate of drug-likeness (QED) is 0.497. The van der Waals surface area contributed by atoms with Crippen LogP contribution < -0.4 is 5.73 Å². The molecule has 0 aliphatic heterocycles. The van der Waals surface area contributed by atoms with Crippen LogP contribution in [-0.2, 0) is 6.18 Å². The van der Waals surface area contributed by atoms with E-state index in [0.29, 0.717) is 6.29 Å². The lowest BCUT2D eigenvalue weighted by atomic mass is 10.3. The average Bonchev–Trinajstić information content (AvgIpc) is 2.38. The zero-order valence-electron chi connectivity index (χ0n) is 9.93. The number of pyridine rings is 2. The lowest BCUT2D eigenvalue weighted by molar-refractivity contribution is -0.141. The molecule has 8 heteroatoms. The molecule has 0 saturated heterocycles. The number of hydrogen-bond acceptors (Lipinski definition) is 4. The van der Waals surface area contributed by atoms with Crippen molar-refractivity contribution in [3.63, 3.8) is 0 Å². The van der Waals surface area contributed by atoms with E-state index in [4.69, 9.17) is 5.73 Å². The van der Waals surface area contributed by atoms with Crippen LogP contribution >= 0.6 is 0 Å². The van der Waals surface area contributed by atoms with Crippen molar-refractivity contribution in [3.8, 4) is 0 Å². The van der Waals surface area contributed by atoms with Gasteiger partial charge in [0, 0.05) is 11.8 Å². The summed E-state index contributed by atoms with van der Waals surface area (Å²) >= 11 is 0. The fourth-order valence-electron chi connectivity index (χ4n) is 1.07. The van der Waals surface area contributed by atoms with Crippen molar-refractivity contribution in [1.29, 1.82) is 0 Å². The van der Waals surface area contributed by atoms with E-state index in [9.17, 15) is 22.4 Å². The Bertz CT molecular complexity index is 552. The average molecular weight is 287 g/mol. The van der Waals surface area contributed by atoms with Gasteiger partial charge in [0.25, 0.3) is 0 Å². The maximum absolute atomic E-state index is 12.0. The second-order valence-corrected chi connectivity index (χ2v) is 3.48. The van der Waals surface area contributed by atoms with E-state index in [0.717, 1.165) is 18.3 Å². The minimum absolute atomic E-state index is 0.128. The van der Waals surface area contributed by atoms with Gasteiger partial charge in [-0.15, -0.1) is 0 Å². The molecule has 0 unspecified atom stereocenters. The molecule has 106 valence electrons. The molecule has 4 nitrogen and oxygen atoms in total. The molecule has 0 aromatic carbocycles. The lowest BCUT2D eigenvalue weighted by Crippen LogP contribution is -2.07. The molecule has 0 fully saturated rings. The minimum atomic E-state index is -4.44. The van der Waals surface area contributed by atoms with Crippen LogP contribution in [0.5, 0.6) is 0 Å². The first-order chi connectivity index (χ1) is 9.32. The first-order valence-corrected chi connectivity index (χ1v) is 5.19. The zero-order chi connectivity index (χ0) is 15.2. The third kappa shape index (κ3) is 5.01. The number of aromatic nitrogens is 2. The number of aldehydes is 1. The molecule has 2 rings (SSSR count). The number of anilines is 1. The van der Waals surface area contributed by atoms with E-state index in [2.05, 4.69) is 9.97 Å². The normalized spacial score (nSPS) is 10.4. The second-order valence-electron chi connectivity index (χ2n) is 3.48. The van der Waals surface area contributed by atoms with Crippen molar-refractivity contribution in [2.45, 2.75) is 6.18 Å². The molecule has 2 aromatic heterocycles. The van der Waals surface area contributed by atoms with Crippen LogP contribution in [0.15, 0.2) is 36.5 Å². The number of carbonyl (C=O) groups is 1. The predicted molar refractivity (Wildman–Crippen MR) is 63.2 cm³/mol. The summed E-state index contributed by atoms with van der Waals surface area (Å²) in [5.41, 5.74) is 4.24. The Balaban J connectivity index is 0.000000217. The Morgan fingerprint density at radius 3 is 2.20 bits per heavy atom. The SMILES string of the molecule is Nc1cccc(F)n1.O=Cc1ccc(C(F)(F)F)nc1. The molecule has 0 aliphatic carbocycles. The standard InChI is InChI=1S/C7H4F3NO.C5H5FN2/c8-7(9,10)6-2-1-5(4-12)3-11-6;6-4-2-1-3-5(7)8-4/h1-4H;1-3H,(H2,7,8). The molecule has 0 amide bonds. The van der Waals surface area contributed by atoms with Crippen molar-refractivity contribution in [2.24, 2.45) is 0 Å². The van der Waals surface area contributed by atoms with Gasteiger partial charge in [0.1, 0.15) is 11.5 Å². The summed E-state index contributed by atoms with van der Waals surface area (Å²) in [7, 11) is 0. The highest BCUT2D eigenvalue weighted by molar-refractivity contribution is 5.73. The molecule has 0 radical (unpaired) electrons. The number of nitrogen functional groups attached to an aromatic ring is 1. The van der Waals surface area contributed by atoms with Crippen LogP contribution in [0.25, 0.3) is 0 Å². The van der Waals surface area contributed by atoms with Crippen LogP contribution in [0.3, 0.4) is 0 Å². The molecule has 0 aliphatic rings.